The fourth-order valence-electron chi connectivity index (χ4n) is 7.34. The summed E-state index contributed by atoms with van der Waals surface area (Å²) in [5.74, 6) is -0.465. The van der Waals surface area contributed by atoms with Crippen LogP contribution in [0.1, 0.15) is 74.4 Å². The van der Waals surface area contributed by atoms with Crippen LogP contribution >= 0.6 is 0 Å². The van der Waals surface area contributed by atoms with Crippen molar-refractivity contribution in [2.75, 3.05) is 25.0 Å². The molecule has 306 valence electrons. The molecule has 2 fully saturated rings. The zero-order valence-electron chi connectivity index (χ0n) is 33.2. The van der Waals surface area contributed by atoms with E-state index in [0.29, 0.717) is 49.4 Å². The highest BCUT2D eigenvalue weighted by atomic mass is 16.6. The van der Waals surface area contributed by atoms with E-state index in [2.05, 4.69) is 41.9 Å². The Labute approximate surface area is 336 Å². The van der Waals surface area contributed by atoms with Gasteiger partial charge in [0.2, 0.25) is 17.6 Å². The molecule has 5 amide bonds. The van der Waals surface area contributed by atoms with Crippen LogP contribution in [0.5, 0.6) is 0 Å². The van der Waals surface area contributed by atoms with E-state index < -0.39 is 23.8 Å². The van der Waals surface area contributed by atoms with Crippen molar-refractivity contribution >= 4 is 35.6 Å². The first kappa shape index (κ1) is 41.3. The van der Waals surface area contributed by atoms with Crippen LogP contribution in [0.4, 0.5) is 15.3 Å². The number of H-pyrrole nitrogens is 1. The van der Waals surface area contributed by atoms with Gasteiger partial charge in [-0.25, -0.2) is 9.59 Å². The number of carbonyl (C=O) groups is 5. The second kappa shape index (κ2) is 18.3. The van der Waals surface area contributed by atoms with Gasteiger partial charge in [-0.15, -0.1) is 10.2 Å². The zero-order chi connectivity index (χ0) is 41.4. The second-order valence-electron chi connectivity index (χ2n) is 16.1. The van der Waals surface area contributed by atoms with Crippen LogP contribution in [-0.4, -0.2) is 97.9 Å². The Balaban J connectivity index is 1.12. The van der Waals surface area contributed by atoms with Crippen LogP contribution in [0.25, 0.3) is 22.5 Å². The molecule has 2 atom stereocenters. The Hall–Kier alpha value is -6.32. The number of aryl methyl sites for hydroxylation is 1. The van der Waals surface area contributed by atoms with Crippen LogP contribution in [-0.2, 0) is 20.7 Å². The Morgan fingerprint density at radius 3 is 2.28 bits per heavy atom. The van der Waals surface area contributed by atoms with Crippen LogP contribution in [0.3, 0.4) is 0 Å². The molecule has 1 saturated heterocycles. The lowest BCUT2D eigenvalue weighted by Crippen LogP contribution is -2.48. The molecule has 6 N–H and O–H groups in total. The van der Waals surface area contributed by atoms with Crippen LogP contribution in [0.2, 0.25) is 0 Å². The number of ether oxygens (including phenoxy) is 1. The highest BCUT2D eigenvalue weighted by molar-refractivity contribution is 5.98. The molecule has 2 heterocycles. The molecule has 1 aliphatic heterocycles. The quantitative estimate of drug-likeness (QED) is 0.108. The van der Waals surface area contributed by atoms with Gasteiger partial charge < -0.3 is 36.0 Å². The van der Waals surface area contributed by atoms with Crippen molar-refractivity contribution in [1.29, 1.82) is 0 Å². The van der Waals surface area contributed by atoms with Gasteiger partial charge >= 0.3 is 12.2 Å². The molecule has 16 nitrogen and oxygen atoms in total. The van der Waals surface area contributed by atoms with Gasteiger partial charge in [0.25, 0.3) is 5.91 Å². The fourth-order valence-corrected chi connectivity index (χ4v) is 7.34. The maximum absolute atomic E-state index is 13.9. The Morgan fingerprint density at radius 1 is 0.931 bits per heavy atom. The smallest absolute Gasteiger partial charge is 0.407 e. The standard InChI is InChI=1S/C42H51N9O7/c1-25-5-10-31(38(53)45-33-19-20-51(24-33)41(56)57)22-34(25)28-11-6-26(7-12-28)21-35(39(54)44-32-17-15-29(16-18-32)36-47-49-50-48-36)46-37(52)30-13-8-27(9-14-30)23-43-40(55)58-42(2,3)4/h5-7,10-12,15-18,22,27,30,33,35H,8-9,13-14,19-21,23-24H2,1-4H3,(H,43,55)(H,44,54)(H,45,53)(H,46,52)(H,56,57)(H,47,48,49,50)/t27-,30-,33-,35+/m1/s1. The summed E-state index contributed by atoms with van der Waals surface area (Å²) in [6.45, 7) is 8.51. The first-order valence-corrected chi connectivity index (χ1v) is 19.6. The van der Waals surface area contributed by atoms with Crippen molar-refractivity contribution in [1.82, 2.24) is 41.5 Å². The maximum atomic E-state index is 13.9. The second-order valence-corrected chi connectivity index (χ2v) is 16.1. The topological polar surface area (TPSA) is 221 Å². The number of carboxylic acid groups (broad SMARTS) is 1. The van der Waals surface area contributed by atoms with Crippen molar-refractivity contribution in [3.63, 3.8) is 0 Å². The predicted molar refractivity (Wildman–Crippen MR) is 216 cm³/mol. The number of hydrogen-bond donors (Lipinski definition) is 6. The third kappa shape index (κ3) is 11.2. The summed E-state index contributed by atoms with van der Waals surface area (Å²) in [4.78, 5) is 65.5. The fraction of sp³-hybridized carbons (Fsp3) is 0.429. The first-order chi connectivity index (χ1) is 27.7. The highest BCUT2D eigenvalue weighted by Crippen LogP contribution is 2.30. The number of tetrazole rings is 1. The number of benzene rings is 3. The van der Waals surface area contributed by atoms with Gasteiger partial charge in [-0.2, -0.15) is 5.21 Å². The summed E-state index contributed by atoms with van der Waals surface area (Å²) < 4.78 is 5.35. The molecule has 1 aliphatic carbocycles. The Morgan fingerprint density at radius 2 is 1.64 bits per heavy atom. The summed E-state index contributed by atoms with van der Waals surface area (Å²) in [6.07, 6.45) is 2.10. The van der Waals surface area contributed by atoms with Crippen LogP contribution < -0.4 is 21.3 Å². The van der Waals surface area contributed by atoms with Crippen molar-refractivity contribution < 1.29 is 33.8 Å². The predicted octanol–water partition coefficient (Wildman–Crippen LogP) is 5.32. The number of aromatic amines is 1. The van der Waals surface area contributed by atoms with Gasteiger partial charge in [-0.05, 0) is 130 Å². The zero-order valence-corrected chi connectivity index (χ0v) is 33.2. The lowest BCUT2D eigenvalue weighted by molar-refractivity contribution is -0.130. The van der Waals surface area contributed by atoms with E-state index in [1.54, 1.807) is 30.3 Å². The average Bonchev–Trinajstić information content (AvgIpc) is 3.91. The molecule has 1 aromatic heterocycles. The number of aromatic nitrogens is 4. The van der Waals surface area contributed by atoms with E-state index in [1.807, 2.05) is 64.1 Å². The van der Waals surface area contributed by atoms with E-state index in [9.17, 15) is 29.1 Å². The molecule has 0 radical (unpaired) electrons. The van der Waals surface area contributed by atoms with E-state index in [1.165, 1.54) is 4.90 Å². The number of nitrogens with zero attached hydrogens (tertiary/aromatic N) is 4. The molecular formula is C42H51N9O7. The maximum Gasteiger partial charge on any atom is 0.407 e. The van der Waals surface area contributed by atoms with Gasteiger partial charge in [0.1, 0.15) is 11.6 Å². The minimum atomic E-state index is -0.996. The third-order valence-corrected chi connectivity index (χ3v) is 10.5. The van der Waals surface area contributed by atoms with Gasteiger partial charge in [0, 0.05) is 54.8 Å². The molecule has 3 aromatic carbocycles. The van der Waals surface area contributed by atoms with Gasteiger partial charge in [-0.1, -0.05) is 30.3 Å². The summed E-state index contributed by atoms with van der Waals surface area (Å²) in [5, 5.41) is 35.1. The number of anilines is 1. The number of rotatable bonds is 12. The van der Waals surface area contributed by atoms with Crippen molar-refractivity contribution in [2.24, 2.45) is 11.8 Å². The monoisotopic (exact) mass is 793 g/mol. The lowest BCUT2D eigenvalue weighted by atomic mass is 9.81. The molecule has 0 bridgehead atoms. The number of hydrogen-bond acceptors (Lipinski definition) is 9. The molecule has 6 rings (SSSR count). The number of alkyl carbamates (subject to hydrolysis) is 1. The molecule has 0 spiro atoms. The SMILES string of the molecule is Cc1ccc(C(=O)N[C@@H]2CCN(C(=O)O)C2)cc1-c1ccc(C[C@H](NC(=O)[C@H]2CC[C@H](CNC(=O)OC(C)(C)C)CC2)C(=O)Nc2ccc(-c3nn[nH]n3)cc2)cc1. The van der Waals surface area contributed by atoms with Crippen LogP contribution in [0.15, 0.2) is 66.7 Å². The molecule has 0 unspecified atom stereocenters. The summed E-state index contributed by atoms with van der Waals surface area (Å²) >= 11 is 0. The molecule has 16 heteroatoms. The summed E-state index contributed by atoms with van der Waals surface area (Å²) in [7, 11) is 0. The van der Waals surface area contributed by atoms with Crippen molar-refractivity contribution in [3.05, 3.63) is 83.4 Å². The molecular weight excluding hydrogens is 743 g/mol. The van der Waals surface area contributed by atoms with E-state index in [4.69, 9.17) is 4.74 Å². The highest BCUT2D eigenvalue weighted by Gasteiger charge is 2.31. The largest absolute Gasteiger partial charge is 0.465 e. The third-order valence-electron chi connectivity index (χ3n) is 10.5. The Kier molecular flexibility index (Phi) is 13.0. The van der Waals surface area contributed by atoms with Crippen molar-refractivity contribution in [3.8, 4) is 22.5 Å². The van der Waals surface area contributed by atoms with Gasteiger partial charge in [-0.3, -0.25) is 14.4 Å². The lowest BCUT2D eigenvalue weighted by Gasteiger charge is -2.29. The van der Waals surface area contributed by atoms with E-state index in [0.717, 1.165) is 40.7 Å². The van der Waals surface area contributed by atoms with Gasteiger partial charge in [0.05, 0.1) is 0 Å². The summed E-state index contributed by atoms with van der Waals surface area (Å²) in [6, 6.07) is 19.0. The Bertz CT molecular complexity index is 2080. The summed E-state index contributed by atoms with van der Waals surface area (Å²) in [5.41, 5.74) is 4.67. The first-order valence-electron chi connectivity index (χ1n) is 19.6. The number of amides is 5. The molecule has 4 aromatic rings. The molecule has 58 heavy (non-hydrogen) atoms. The van der Waals surface area contributed by atoms with Crippen LogP contribution in [0, 0.1) is 18.8 Å². The number of likely N-dealkylation sites (tertiary alicyclic amines) is 1. The van der Waals surface area contributed by atoms with E-state index >= 15 is 0 Å². The minimum Gasteiger partial charge on any atom is -0.465 e. The average molecular weight is 794 g/mol. The van der Waals surface area contributed by atoms with E-state index in [-0.39, 0.29) is 48.6 Å². The number of carbonyl (C=O) groups excluding carboxylic acids is 4. The van der Waals surface area contributed by atoms with Crippen molar-refractivity contribution in [2.45, 2.75) is 83.9 Å². The molecule has 1 saturated carbocycles. The molecule has 2 aliphatic rings. The normalized spacial score (nSPS) is 18.5. The van der Waals surface area contributed by atoms with Gasteiger partial charge in [0.15, 0.2) is 0 Å². The number of nitrogens with one attached hydrogen (secondary N) is 5. The minimum absolute atomic E-state index is 0.193.